The highest BCUT2D eigenvalue weighted by atomic mass is 16.5. The molecule has 6 heteroatoms. The number of nitrogens with zero attached hydrogens (tertiary/aromatic N) is 4. The number of benzene rings is 1. The molecule has 0 spiro atoms. The lowest BCUT2D eigenvalue weighted by Gasteiger charge is -2.13. The first kappa shape index (κ1) is 16.4. The number of aromatic nitrogens is 4. The first-order valence-corrected chi connectivity index (χ1v) is 8.31. The molecule has 6 nitrogen and oxygen atoms in total. The summed E-state index contributed by atoms with van der Waals surface area (Å²) in [5.41, 5.74) is 2.17. The van der Waals surface area contributed by atoms with Gasteiger partial charge in [0.15, 0.2) is 0 Å². The highest BCUT2D eigenvalue weighted by Crippen LogP contribution is 2.15. The molecule has 126 valence electrons. The summed E-state index contributed by atoms with van der Waals surface area (Å²) in [7, 11) is 0. The van der Waals surface area contributed by atoms with Crippen LogP contribution in [-0.4, -0.2) is 32.5 Å². The van der Waals surface area contributed by atoms with Gasteiger partial charge in [0.05, 0.1) is 12.7 Å². The Bertz CT molecular complexity index is 750. The second-order valence-corrected chi connectivity index (χ2v) is 6.08. The molecule has 0 radical (unpaired) electrons. The van der Waals surface area contributed by atoms with Crippen LogP contribution in [0.3, 0.4) is 0 Å². The molecule has 24 heavy (non-hydrogen) atoms. The van der Waals surface area contributed by atoms with Crippen LogP contribution in [-0.2, 0) is 13.0 Å². The van der Waals surface area contributed by atoms with Crippen LogP contribution in [0.25, 0.3) is 11.4 Å². The molecule has 1 N–H and O–H groups in total. The van der Waals surface area contributed by atoms with Gasteiger partial charge in [0, 0.05) is 24.2 Å². The Hall–Kier alpha value is -2.47. The van der Waals surface area contributed by atoms with Crippen LogP contribution in [0.5, 0.6) is 0 Å². The van der Waals surface area contributed by atoms with Crippen LogP contribution in [0.1, 0.15) is 24.8 Å². The van der Waals surface area contributed by atoms with Gasteiger partial charge < -0.3 is 9.84 Å². The van der Waals surface area contributed by atoms with Crippen molar-refractivity contribution in [3.05, 3.63) is 54.2 Å². The Balaban J connectivity index is 1.40. The van der Waals surface area contributed by atoms with Gasteiger partial charge in [0.1, 0.15) is 0 Å². The third kappa shape index (κ3) is 4.52. The molecule has 0 aliphatic carbocycles. The van der Waals surface area contributed by atoms with Gasteiger partial charge in [-0.25, -0.2) is 0 Å². The van der Waals surface area contributed by atoms with Crippen molar-refractivity contribution in [2.75, 3.05) is 6.54 Å². The van der Waals surface area contributed by atoms with Crippen LogP contribution in [0.2, 0.25) is 0 Å². The molecule has 0 fully saturated rings. The molecule has 0 aliphatic rings. The first-order chi connectivity index (χ1) is 11.7. The van der Waals surface area contributed by atoms with Gasteiger partial charge in [-0.05, 0) is 32.4 Å². The smallest absolute Gasteiger partial charge is 0.227 e. The molecule has 2 aromatic heterocycles. The van der Waals surface area contributed by atoms with Crippen LogP contribution >= 0.6 is 0 Å². The summed E-state index contributed by atoms with van der Waals surface area (Å²) < 4.78 is 7.29. The summed E-state index contributed by atoms with van der Waals surface area (Å²) in [4.78, 5) is 4.45. The minimum absolute atomic E-state index is 0.367. The van der Waals surface area contributed by atoms with Crippen molar-refractivity contribution in [1.82, 2.24) is 25.2 Å². The van der Waals surface area contributed by atoms with Crippen molar-refractivity contribution in [2.24, 2.45) is 0 Å². The lowest BCUT2D eigenvalue weighted by atomic mass is 10.2. The van der Waals surface area contributed by atoms with Crippen molar-refractivity contribution in [3.63, 3.8) is 0 Å². The third-order valence-electron chi connectivity index (χ3n) is 3.78. The van der Waals surface area contributed by atoms with E-state index in [0.29, 0.717) is 17.8 Å². The molecule has 0 bridgehead atoms. The van der Waals surface area contributed by atoms with Crippen molar-refractivity contribution < 1.29 is 4.52 Å². The van der Waals surface area contributed by atoms with Crippen molar-refractivity contribution in [2.45, 2.75) is 39.3 Å². The summed E-state index contributed by atoms with van der Waals surface area (Å²) in [6, 6.07) is 10.2. The van der Waals surface area contributed by atoms with Gasteiger partial charge in [-0.1, -0.05) is 35.5 Å². The Morgan fingerprint density at radius 3 is 2.83 bits per heavy atom. The van der Waals surface area contributed by atoms with Crippen LogP contribution in [0.15, 0.2) is 47.2 Å². The fourth-order valence-electron chi connectivity index (χ4n) is 2.56. The third-order valence-corrected chi connectivity index (χ3v) is 3.78. The molecule has 1 atom stereocenters. The highest BCUT2D eigenvalue weighted by Gasteiger charge is 2.08. The zero-order valence-corrected chi connectivity index (χ0v) is 14.1. The number of nitrogens with one attached hydrogen (secondary N) is 1. The van der Waals surface area contributed by atoms with Gasteiger partial charge in [0.2, 0.25) is 11.7 Å². The monoisotopic (exact) mass is 325 g/mol. The molecular formula is C18H23N5O. The van der Waals surface area contributed by atoms with E-state index >= 15 is 0 Å². The predicted octanol–water partition coefficient (Wildman–Crippen LogP) is 2.85. The van der Waals surface area contributed by atoms with E-state index in [2.05, 4.69) is 40.6 Å². The number of hydrogen-bond donors (Lipinski definition) is 1. The average Bonchev–Trinajstić information content (AvgIpc) is 3.22. The van der Waals surface area contributed by atoms with Gasteiger partial charge in [-0.2, -0.15) is 10.1 Å². The number of hydrogen-bond acceptors (Lipinski definition) is 5. The van der Waals surface area contributed by atoms with Crippen LogP contribution in [0, 0.1) is 6.92 Å². The standard InChI is InChI=1S/C18H23N5O/c1-14-11-20-23(12-14)13-15(2)19-10-6-9-17-21-18(22-24-17)16-7-4-3-5-8-16/h3-5,7-8,11-12,15,19H,6,9-10,13H2,1-2H3/t15-/m1/s1. The van der Waals surface area contributed by atoms with Crippen molar-refractivity contribution in [1.29, 1.82) is 0 Å². The van der Waals surface area contributed by atoms with E-state index in [4.69, 9.17) is 4.52 Å². The zero-order chi connectivity index (χ0) is 16.8. The highest BCUT2D eigenvalue weighted by molar-refractivity contribution is 5.53. The predicted molar refractivity (Wildman–Crippen MR) is 92.5 cm³/mol. The molecular weight excluding hydrogens is 302 g/mol. The Labute approximate surface area is 141 Å². The fraction of sp³-hybridized carbons (Fsp3) is 0.389. The summed E-state index contributed by atoms with van der Waals surface area (Å²) in [6.07, 6.45) is 5.67. The SMILES string of the molecule is Cc1cnn(C[C@@H](C)NCCCc2nc(-c3ccccc3)no2)c1. The second kappa shape index (κ2) is 7.88. The molecule has 2 heterocycles. The normalized spacial score (nSPS) is 12.4. The molecule has 0 saturated carbocycles. The largest absolute Gasteiger partial charge is 0.339 e. The van der Waals surface area contributed by atoms with E-state index in [1.807, 2.05) is 41.2 Å². The molecule has 0 aliphatic heterocycles. The van der Waals surface area contributed by atoms with Crippen molar-refractivity contribution >= 4 is 0 Å². The fourth-order valence-corrected chi connectivity index (χ4v) is 2.56. The maximum atomic E-state index is 5.32. The van der Waals surface area contributed by atoms with E-state index in [1.165, 1.54) is 5.56 Å². The van der Waals surface area contributed by atoms with E-state index in [1.54, 1.807) is 0 Å². The number of aryl methyl sites for hydroxylation is 2. The van der Waals surface area contributed by atoms with Gasteiger partial charge in [-0.3, -0.25) is 4.68 Å². The quantitative estimate of drug-likeness (QED) is 0.645. The Kier molecular flexibility index (Phi) is 5.38. The summed E-state index contributed by atoms with van der Waals surface area (Å²) in [5.74, 6) is 1.34. The zero-order valence-electron chi connectivity index (χ0n) is 14.1. The summed E-state index contributed by atoms with van der Waals surface area (Å²) >= 11 is 0. The number of rotatable bonds is 8. The van der Waals surface area contributed by atoms with Gasteiger partial charge in [0.25, 0.3) is 0 Å². The topological polar surface area (TPSA) is 68.8 Å². The van der Waals surface area contributed by atoms with E-state index in [-0.39, 0.29) is 0 Å². The van der Waals surface area contributed by atoms with Gasteiger partial charge in [-0.15, -0.1) is 0 Å². The Morgan fingerprint density at radius 1 is 1.25 bits per heavy atom. The summed E-state index contributed by atoms with van der Waals surface area (Å²) in [5, 5.41) is 11.8. The lowest BCUT2D eigenvalue weighted by Crippen LogP contribution is -2.31. The maximum absolute atomic E-state index is 5.32. The molecule has 3 rings (SSSR count). The second-order valence-electron chi connectivity index (χ2n) is 6.08. The minimum Gasteiger partial charge on any atom is -0.339 e. The molecule has 0 amide bonds. The van der Waals surface area contributed by atoms with Crippen LogP contribution in [0.4, 0.5) is 0 Å². The summed E-state index contributed by atoms with van der Waals surface area (Å²) in [6.45, 7) is 5.99. The molecule has 1 aromatic carbocycles. The van der Waals surface area contributed by atoms with Gasteiger partial charge >= 0.3 is 0 Å². The first-order valence-electron chi connectivity index (χ1n) is 8.31. The molecule has 0 unspecified atom stereocenters. The Morgan fingerprint density at radius 2 is 2.08 bits per heavy atom. The molecule has 0 saturated heterocycles. The van der Waals surface area contributed by atoms with E-state index < -0.39 is 0 Å². The lowest BCUT2D eigenvalue weighted by molar-refractivity contribution is 0.371. The maximum Gasteiger partial charge on any atom is 0.227 e. The minimum atomic E-state index is 0.367. The van der Waals surface area contributed by atoms with E-state index in [9.17, 15) is 0 Å². The van der Waals surface area contributed by atoms with E-state index in [0.717, 1.165) is 31.5 Å². The van der Waals surface area contributed by atoms with Crippen molar-refractivity contribution in [3.8, 4) is 11.4 Å². The van der Waals surface area contributed by atoms with Crippen LogP contribution < -0.4 is 5.32 Å². The molecule has 3 aromatic rings. The average molecular weight is 325 g/mol.